The Bertz CT molecular complexity index is 1230. The molecule has 0 aromatic rings. The van der Waals surface area contributed by atoms with Crippen molar-refractivity contribution in [1.82, 2.24) is 20.3 Å². The normalized spacial score (nSPS) is 23.2. The Balaban J connectivity index is 0.00000616. The van der Waals surface area contributed by atoms with Gasteiger partial charge in [0.05, 0.1) is 12.3 Å². The molecule has 4 N–H and O–H groups in total. The van der Waals surface area contributed by atoms with E-state index < -0.39 is 73.4 Å². The number of ether oxygens (including phenoxy) is 1. The predicted octanol–water partition coefficient (Wildman–Crippen LogP) is -4.22. The van der Waals surface area contributed by atoms with E-state index in [4.69, 9.17) is 4.74 Å². The van der Waals surface area contributed by atoms with Gasteiger partial charge in [-0.15, -0.1) is 0 Å². The Morgan fingerprint density at radius 3 is 2.19 bits per heavy atom. The summed E-state index contributed by atoms with van der Waals surface area (Å²) in [5.74, 6) is -3.64. The Hall–Kier alpha value is -1.34. The number of hydrogen-bond donors (Lipinski definition) is 4. The topological polar surface area (TPSA) is 228 Å². The fourth-order valence-electron chi connectivity index (χ4n) is 5.71. The van der Waals surface area contributed by atoms with E-state index in [1.54, 1.807) is 13.8 Å². The number of carbonyl (C=O) groups excluding carboxylic acids is 4. The molecular formula is C24H39N4NaO11S2. The number of piperidine rings is 1. The smallest absolute Gasteiger partial charge is 0.746 e. The third-order valence-electron chi connectivity index (χ3n) is 8.02. The summed E-state index contributed by atoms with van der Waals surface area (Å²) < 4.78 is 64.3. The second kappa shape index (κ2) is 14.6. The Morgan fingerprint density at radius 2 is 1.71 bits per heavy atom. The first-order chi connectivity index (χ1) is 18.9. The summed E-state index contributed by atoms with van der Waals surface area (Å²) in [7, 11) is -8.70. The van der Waals surface area contributed by atoms with Gasteiger partial charge < -0.3 is 30.3 Å². The maximum absolute atomic E-state index is 13.2. The van der Waals surface area contributed by atoms with Crippen LogP contribution >= 0.6 is 0 Å². The minimum atomic E-state index is -5.44. The van der Waals surface area contributed by atoms with Crippen molar-refractivity contribution in [2.45, 2.75) is 82.4 Å². The van der Waals surface area contributed by atoms with Crippen LogP contribution in [0.5, 0.6) is 0 Å². The molecule has 0 bridgehead atoms. The minimum Gasteiger partial charge on any atom is -0.746 e. The van der Waals surface area contributed by atoms with Gasteiger partial charge in [0.25, 0.3) is 0 Å². The number of alkyl carbamates (subject to hydrolysis) is 1. The van der Waals surface area contributed by atoms with Crippen LogP contribution in [0.3, 0.4) is 0 Å². The van der Waals surface area contributed by atoms with Crippen molar-refractivity contribution in [2.75, 3.05) is 25.9 Å². The first-order valence-corrected chi connectivity index (χ1v) is 16.9. The predicted molar refractivity (Wildman–Crippen MR) is 142 cm³/mol. The van der Waals surface area contributed by atoms with E-state index in [-0.39, 0.29) is 53.7 Å². The van der Waals surface area contributed by atoms with Gasteiger partial charge in [0.15, 0.2) is 5.78 Å². The van der Waals surface area contributed by atoms with Crippen LogP contribution in [0, 0.1) is 17.3 Å². The molecule has 18 heteroatoms. The van der Waals surface area contributed by atoms with Crippen molar-refractivity contribution in [3.8, 4) is 0 Å². The molecule has 3 aliphatic rings. The van der Waals surface area contributed by atoms with E-state index in [1.165, 1.54) is 10.6 Å². The maximum atomic E-state index is 13.2. The van der Waals surface area contributed by atoms with Crippen LogP contribution in [0.1, 0.15) is 58.8 Å². The van der Waals surface area contributed by atoms with Crippen molar-refractivity contribution < 1.29 is 80.0 Å². The van der Waals surface area contributed by atoms with Gasteiger partial charge in [-0.3, -0.25) is 14.4 Å². The monoisotopic (exact) mass is 646 g/mol. The van der Waals surface area contributed by atoms with Crippen LogP contribution in [-0.2, 0) is 39.3 Å². The van der Waals surface area contributed by atoms with Crippen LogP contribution < -0.4 is 45.5 Å². The van der Waals surface area contributed by atoms with Gasteiger partial charge in [-0.25, -0.2) is 25.9 Å². The summed E-state index contributed by atoms with van der Waals surface area (Å²) in [4.78, 5) is 50.6. The molecule has 4 atom stereocenters. The molecule has 234 valence electrons. The van der Waals surface area contributed by atoms with E-state index in [9.17, 15) is 45.7 Å². The molecule has 3 rings (SSSR count). The molecule has 3 amide bonds. The number of amides is 3. The molecule has 1 spiro atoms. The SMILES string of the molecule is CC(C)C[C@H](NC(=O)OC1CC2(CCN(S(C)(=O)=O)CC2)C1)C(=O)N[C@@H](C[C@H]1CCNC1=O)C(=O)C(O)S(=O)(=O)[O-].[Na+]. The summed E-state index contributed by atoms with van der Waals surface area (Å²) in [6.07, 6.45) is 2.36. The van der Waals surface area contributed by atoms with Gasteiger partial charge in [-0.2, -0.15) is 0 Å². The zero-order chi connectivity index (χ0) is 30.8. The molecule has 3 fully saturated rings. The zero-order valence-corrected chi connectivity index (χ0v) is 28.0. The van der Waals surface area contributed by atoms with Crippen LogP contribution in [-0.4, -0.2) is 104 Å². The molecule has 0 radical (unpaired) electrons. The second-order valence-corrected chi connectivity index (χ2v) is 15.2. The van der Waals surface area contributed by atoms with Gasteiger partial charge in [0.1, 0.15) is 22.3 Å². The minimum absolute atomic E-state index is 0. The van der Waals surface area contributed by atoms with Crippen LogP contribution in [0.4, 0.5) is 4.79 Å². The Labute approximate surface area is 268 Å². The number of nitrogens with zero attached hydrogens (tertiary/aromatic N) is 1. The Kier molecular flexibility index (Phi) is 12.8. The van der Waals surface area contributed by atoms with Gasteiger partial charge >= 0.3 is 35.7 Å². The summed E-state index contributed by atoms with van der Waals surface area (Å²) in [6, 6.07) is -2.88. The number of carbonyl (C=O) groups is 4. The summed E-state index contributed by atoms with van der Waals surface area (Å²) >= 11 is 0. The maximum Gasteiger partial charge on any atom is 1.00 e. The molecule has 1 unspecified atom stereocenters. The first-order valence-electron chi connectivity index (χ1n) is 13.6. The molecular weight excluding hydrogens is 607 g/mol. The van der Waals surface area contributed by atoms with Crippen LogP contribution in [0.2, 0.25) is 0 Å². The van der Waals surface area contributed by atoms with Gasteiger partial charge in [0, 0.05) is 25.6 Å². The van der Waals surface area contributed by atoms with Gasteiger partial charge in [-0.1, -0.05) is 13.8 Å². The van der Waals surface area contributed by atoms with Crippen molar-refractivity contribution in [2.24, 2.45) is 17.3 Å². The third-order valence-corrected chi connectivity index (χ3v) is 10.1. The largest absolute Gasteiger partial charge is 1.00 e. The molecule has 2 aliphatic heterocycles. The zero-order valence-electron chi connectivity index (χ0n) is 24.3. The average Bonchev–Trinajstić information content (AvgIpc) is 3.24. The fraction of sp³-hybridized carbons (Fsp3) is 0.833. The van der Waals surface area contributed by atoms with Crippen molar-refractivity contribution in [3.63, 3.8) is 0 Å². The summed E-state index contributed by atoms with van der Waals surface area (Å²) in [5, 5.41) is 17.1. The van der Waals surface area contributed by atoms with Gasteiger partial charge in [0.2, 0.25) is 27.3 Å². The van der Waals surface area contributed by atoms with Crippen LogP contribution in [0.15, 0.2) is 0 Å². The number of rotatable bonds is 12. The number of hydrogen-bond acceptors (Lipinski definition) is 11. The molecule has 2 heterocycles. The summed E-state index contributed by atoms with van der Waals surface area (Å²) in [5.41, 5.74) is -3.04. The number of sulfonamides is 1. The van der Waals surface area contributed by atoms with E-state index in [0.717, 1.165) is 0 Å². The van der Waals surface area contributed by atoms with Crippen LogP contribution in [0.25, 0.3) is 0 Å². The molecule has 2 saturated heterocycles. The number of Topliss-reactive ketones (excluding diaryl/α,β-unsaturated/α-hetero) is 1. The van der Waals surface area contributed by atoms with Crippen molar-refractivity contribution in [3.05, 3.63) is 0 Å². The second-order valence-electron chi connectivity index (χ2n) is 11.7. The van der Waals surface area contributed by atoms with Crippen molar-refractivity contribution >= 4 is 43.8 Å². The van der Waals surface area contributed by atoms with Crippen molar-refractivity contribution in [1.29, 1.82) is 0 Å². The molecule has 0 aromatic carbocycles. The first kappa shape index (κ1) is 36.8. The molecule has 0 aromatic heterocycles. The average molecular weight is 647 g/mol. The Morgan fingerprint density at radius 1 is 1.12 bits per heavy atom. The van der Waals surface area contributed by atoms with E-state index in [2.05, 4.69) is 16.0 Å². The molecule has 1 saturated carbocycles. The van der Waals surface area contributed by atoms with E-state index in [1.807, 2.05) is 0 Å². The number of ketones is 1. The van der Waals surface area contributed by atoms with E-state index >= 15 is 0 Å². The molecule has 15 nitrogen and oxygen atoms in total. The summed E-state index contributed by atoms with van der Waals surface area (Å²) in [6.45, 7) is 4.68. The molecule has 1 aliphatic carbocycles. The quantitative estimate of drug-likeness (QED) is 0.117. The third kappa shape index (κ3) is 9.84. The fourth-order valence-corrected chi connectivity index (χ4v) is 7.00. The number of nitrogens with one attached hydrogen (secondary N) is 3. The number of aliphatic hydroxyl groups excluding tert-OH is 1. The standard InChI is InChI=1S/C24H40N4O11S2.Na/c1-14(2)10-18(27-23(33)39-16-12-24(13-16)5-8-28(9-6-24)40(3,34)35)21(31)26-17(11-15-4-7-25-20(15)30)19(29)22(32)41(36,37)38;/h14-18,22,32H,4-13H2,1-3H3,(H,25,30)(H,26,31)(H,27,33)(H,36,37,38);/q;+1/p-1/t15-,17+,18+,22?;/m1./s1. The van der Waals surface area contributed by atoms with E-state index in [0.29, 0.717) is 51.7 Å². The molecule has 42 heavy (non-hydrogen) atoms. The number of aliphatic hydroxyl groups is 1. The van der Waals surface area contributed by atoms with Gasteiger partial charge in [-0.05, 0) is 56.3 Å².